The summed E-state index contributed by atoms with van der Waals surface area (Å²) in [5.74, 6) is -0.130. The fourth-order valence-electron chi connectivity index (χ4n) is 2.34. The Morgan fingerprint density at radius 1 is 0.912 bits per heavy atom. The summed E-state index contributed by atoms with van der Waals surface area (Å²) in [5, 5.41) is 0. The molecule has 0 saturated carbocycles. The molecule has 0 aromatic heterocycles. The molecule has 0 aliphatic carbocycles. The highest BCUT2D eigenvalue weighted by Gasteiger charge is 2.29. The van der Waals surface area contributed by atoms with Crippen LogP contribution in [0, 0.1) is 0 Å². The van der Waals surface area contributed by atoms with Gasteiger partial charge in [0.15, 0.2) is 11.7 Å². The lowest BCUT2D eigenvalue weighted by Crippen LogP contribution is -2.21. The van der Waals surface area contributed by atoms with Crippen LogP contribution < -0.4 is 0 Å². The predicted octanol–water partition coefficient (Wildman–Crippen LogP) is 7.50. The highest BCUT2D eigenvalue weighted by molar-refractivity contribution is 8.00. The van der Waals surface area contributed by atoms with Gasteiger partial charge in [-0.2, -0.15) is 0 Å². The molecule has 0 unspecified atom stereocenters. The molecule has 0 atom stereocenters. The van der Waals surface area contributed by atoms with Gasteiger partial charge in [0.1, 0.15) is 6.61 Å². The molecule has 0 saturated heterocycles. The van der Waals surface area contributed by atoms with Crippen molar-refractivity contribution in [3.05, 3.63) is 65.7 Å². The molecule has 0 amide bonds. The molecule has 12 heteroatoms. The van der Waals surface area contributed by atoms with E-state index in [0.29, 0.717) is 5.56 Å². The van der Waals surface area contributed by atoms with Crippen LogP contribution >= 0.6 is 81.4 Å². The number of carbonyl (C=O) groups excluding carboxylic acids is 1. The number of alkyl halides is 6. The van der Waals surface area contributed by atoms with Crippen molar-refractivity contribution in [3.8, 4) is 0 Å². The Morgan fingerprint density at radius 3 is 2.06 bits per heavy atom. The Balaban J connectivity index is 2.15. The first-order valence-corrected chi connectivity index (χ1v) is 12.8. The van der Waals surface area contributed by atoms with Gasteiger partial charge in [0.05, 0.1) is 11.5 Å². The van der Waals surface area contributed by atoms with Crippen LogP contribution in [0.5, 0.6) is 0 Å². The second-order valence-corrected chi connectivity index (χ2v) is 12.2. The Labute approximate surface area is 232 Å². The molecular formula is C22H19Cl6N3O2S. The molecule has 0 aliphatic heterocycles. The van der Waals surface area contributed by atoms with E-state index in [1.807, 2.05) is 30.3 Å². The van der Waals surface area contributed by atoms with Crippen molar-refractivity contribution in [3.63, 3.8) is 0 Å². The van der Waals surface area contributed by atoms with E-state index in [1.165, 1.54) is 25.7 Å². The van der Waals surface area contributed by atoms with Gasteiger partial charge >= 0.3 is 5.97 Å². The fourth-order valence-corrected chi connectivity index (χ4v) is 3.54. The van der Waals surface area contributed by atoms with Crippen LogP contribution in [0.4, 0.5) is 0 Å². The number of hydrogen-bond donors (Lipinski definition) is 0. The topological polar surface area (TPSA) is 63.4 Å². The van der Waals surface area contributed by atoms with Gasteiger partial charge in [0.25, 0.3) is 0 Å². The quantitative estimate of drug-likeness (QED) is 0.113. The number of nitrogens with zero attached hydrogens (tertiary/aromatic N) is 3. The lowest BCUT2D eigenvalue weighted by atomic mass is 10.2. The summed E-state index contributed by atoms with van der Waals surface area (Å²) in [6.45, 7) is 1.76. The number of amidine groups is 2. The van der Waals surface area contributed by atoms with E-state index in [4.69, 9.17) is 74.3 Å². The highest BCUT2D eigenvalue weighted by atomic mass is 35.6. The van der Waals surface area contributed by atoms with Crippen molar-refractivity contribution < 1.29 is 9.53 Å². The summed E-state index contributed by atoms with van der Waals surface area (Å²) in [6, 6.07) is 16.5. The number of halogens is 6. The van der Waals surface area contributed by atoms with E-state index in [1.54, 1.807) is 24.3 Å². The van der Waals surface area contributed by atoms with Gasteiger partial charge < -0.3 is 4.74 Å². The number of benzene rings is 2. The molecule has 182 valence electrons. The zero-order chi connectivity index (χ0) is 25.4. The molecule has 2 aromatic rings. The molecule has 5 nitrogen and oxygen atoms in total. The second kappa shape index (κ2) is 13.4. The summed E-state index contributed by atoms with van der Waals surface area (Å²) in [6.07, 6.45) is 0. The average molecular weight is 602 g/mol. The van der Waals surface area contributed by atoms with Gasteiger partial charge in [-0.05, 0) is 24.6 Å². The van der Waals surface area contributed by atoms with Crippen LogP contribution in [0.1, 0.15) is 18.1 Å². The maximum atomic E-state index is 12.1. The smallest absolute Gasteiger partial charge is 0.316 e. The van der Waals surface area contributed by atoms with Gasteiger partial charge in [-0.15, -0.1) is 11.8 Å². The summed E-state index contributed by atoms with van der Waals surface area (Å²) >= 11 is 36.9. The van der Waals surface area contributed by atoms with Gasteiger partial charge in [-0.3, -0.25) is 9.79 Å². The number of rotatable bonds is 6. The number of carbonyl (C=O) groups is 1. The average Bonchev–Trinajstić information content (AvgIpc) is 2.78. The Bertz CT molecular complexity index is 1060. The van der Waals surface area contributed by atoms with Crippen LogP contribution in [-0.2, 0) is 16.1 Å². The highest BCUT2D eigenvalue weighted by Crippen LogP contribution is 2.31. The van der Waals surface area contributed by atoms with Crippen LogP contribution in [0.25, 0.3) is 0 Å². The van der Waals surface area contributed by atoms with Gasteiger partial charge in [0, 0.05) is 17.5 Å². The van der Waals surface area contributed by atoms with E-state index < -0.39 is 7.59 Å². The van der Waals surface area contributed by atoms with Crippen molar-refractivity contribution in [2.45, 2.75) is 26.0 Å². The van der Waals surface area contributed by atoms with Crippen LogP contribution in [-0.4, -0.2) is 43.7 Å². The Hall–Kier alpha value is -0.990. The molecule has 0 aliphatic rings. The summed E-state index contributed by atoms with van der Waals surface area (Å²) in [7, 11) is 1.43. The first-order valence-electron chi connectivity index (χ1n) is 9.58. The maximum Gasteiger partial charge on any atom is 0.316 e. The molecular weight excluding hydrogens is 583 g/mol. The predicted molar refractivity (Wildman–Crippen MR) is 147 cm³/mol. The van der Waals surface area contributed by atoms with Crippen LogP contribution in [0.2, 0.25) is 0 Å². The van der Waals surface area contributed by atoms with E-state index in [-0.39, 0.29) is 35.7 Å². The zero-order valence-electron chi connectivity index (χ0n) is 17.9. The molecule has 0 heterocycles. The SMILES string of the molecule is CN=C(N=C(N=C(C)C(Cl)(Cl)Cl)c1ccc(SCC(=O)OCc2ccccc2)cc1)C(Cl)(Cl)Cl. The first-order chi connectivity index (χ1) is 15.9. The van der Waals surface area contributed by atoms with Crippen molar-refractivity contribution in [2.75, 3.05) is 12.8 Å². The second-order valence-electron chi connectivity index (χ2n) is 6.63. The number of esters is 1. The lowest BCUT2D eigenvalue weighted by molar-refractivity contribution is -0.141. The van der Waals surface area contributed by atoms with E-state index >= 15 is 0 Å². The van der Waals surface area contributed by atoms with E-state index in [0.717, 1.165) is 10.5 Å². The number of ether oxygens (including phenoxy) is 1. The van der Waals surface area contributed by atoms with Crippen molar-refractivity contribution >= 4 is 105 Å². The standard InChI is InChI=1S/C22H19Cl6N3O2S/c1-14(21(23,24)25)30-19(31-20(29-2)22(26,27)28)16-8-10-17(11-9-16)34-13-18(32)33-12-15-6-4-3-5-7-15/h3-11H,12-13H2,1-2H3. The van der Waals surface area contributed by atoms with Crippen molar-refractivity contribution in [2.24, 2.45) is 15.0 Å². The third-order valence-corrected chi connectivity index (χ3v) is 6.39. The van der Waals surface area contributed by atoms with Gasteiger partial charge in [-0.1, -0.05) is 112 Å². The third-order valence-electron chi connectivity index (χ3n) is 4.07. The lowest BCUT2D eigenvalue weighted by Gasteiger charge is -2.14. The van der Waals surface area contributed by atoms with E-state index in [2.05, 4.69) is 15.0 Å². The molecule has 2 aromatic carbocycles. The van der Waals surface area contributed by atoms with Crippen LogP contribution in [0.3, 0.4) is 0 Å². The molecule has 2 rings (SSSR count). The number of thioether (sulfide) groups is 1. The molecule has 0 spiro atoms. The van der Waals surface area contributed by atoms with Gasteiger partial charge in [0.2, 0.25) is 7.59 Å². The first kappa shape index (κ1) is 29.2. The summed E-state index contributed by atoms with van der Waals surface area (Å²) in [4.78, 5) is 25.4. The van der Waals surface area contributed by atoms with Gasteiger partial charge in [-0.25, -0.2) is 9.98 Å². The Morgan fingerprint density at radius 2 is 1.53 bits per heavy atom. The number of hydrogen-bond acceptors (Lipinski definition) is 4. The fraction of sp³-hybridized carbons (Fsp3) is 0.273. The molecule has 0 radical (unpaired) electrons. The van der Waals surface area contributed by atoms with Crippen molar-refractivity contribution in [1.82, 2.24) is 0 Å². The minimum atomic E-state index is -1.88. The minimum Gasteiger partial charge on any atom is -0.460 e. The molecule has 34 heavy (non-hydrogen) atoms. The monoisotopic (exact) mass is 599 g/mol. The minimum absolute atomic E-state index is 0.0898. The zero-order valence-corrected chi connectivity index (χ0v) is 23.3. The molecule has 0 fully saturated rings. The summed E-state index contributed by atoms with van der Waals surface area (Å²) in [5.41, 5.74) is 1.64. The normalized spacial score (nSPS) is 13.7. The molecule has 0 N–H and O–H groups in total. The largest absolute Gasteiger partial charge is 0.460 e. The van der Waals surface area contributed by atoms with Crippen molar-refractivity contribution in [1.29, 1.82) is 0 Å². The van der Waals surface area contributed by atoms with Crippen LogP contribution in [0.15, 0.2) is 74.5 Å². The Kier molecular flexibility index (Phi) is 11.5. The van der Waals surface area contributed by atoms with E-state index in [9.17, 15) is 4.79 Å². The maximum absolute atomic E-state index is 12.1. The number of aliphatic imine (C=N–C) groups is 3. The third kappa shape index (κ3) is 9.94. The summed E-state index contributed by atoms with van der Waals surface area (Å²) < 4.78 is 1.66. The molecule has 0 bridgehead atoms.